The van der Waals surface area contributed by atoms with Gasteiger partial charge in [0.2, 0.25) is 0 Å². The Morgan fingerprint density at radius 1 is 1.29 bits per heavy atom. The maximum Gasteiger partial charge on any atom is 0.0469 e. The van der Waals surface area contributed by atoms with E-state index in [2.05, 4.69) is 11.8 Å². The van der Waals surface area contributed by atoms with Crippen LogP contribution in [0.5, 0.6) is 0 Å². The fourth-order valence-electron chi connectivity index (χ4n) is 2.54. The van der Waals surface area contributed by atoms with Crippen LogP contribution in [0.25, 0.3) is 0 Å². The number of ether oxygens (including phenoxy) is 1. The predicted octanol–water partition coefficient (Wildman–Crippen LogP) is 0.692. The van der Waals surface area contributed by atoms with Gasteiger partial charge in [-0.05, 0) is 24.7 Å². The molecule has 0 amide bonds. The van der Waals surface area contributed by atoms with Gasteiger partial charge in [0, 0.05) is 38.9 Å². The van der Waals surface area contributed by atoms with Crippen molar-refractivity contribution in [3.8, 4) is 0 Å². The Labute approximate surface area is 86.6 Å². The molecule has 2 heterocycles. The number of nitrogens with two attached hydrogens (primary N) is 1. The number of hydrogen-bond donors (Lipinski definition) is 1. The first-order chi connectivity index (χ1) is 6.75. The molecule has 0 saturated carbocycles. The lowest BCUT2D eigenvalue weighted by Crippen LogP contribution is -2.33. The van der Waals surface area contributed by atoms with Crippen molar-refractivity contribution in [2.45, 2.75) is 25.8 Å². The molecule has 2 unspecified atom stereocenters. The third-order valence-electron chi connectivity index (χ3n) is 3.60. The number of hydrogen-bond acceptors (Lipinski definition) is 3. The van der Waals surface area contributed by atoms with Crippen LogP contribution in [0.3, 0.4) is 0 Å². The normalized spacial score (nSPS) is 36.4. The highest BCUT2D eigenvalue weighted by atomic mass is 16.5. The molecular formula is C11H22N2O. The summed E-state index contributed by atoms with van der Waals surface area (Å²) >= 11 is 0. The van der Waals surface area contributed by atoms with Crippen LogP contribution in [0.4, 0.5) is 0 Å². The Bertz CT molecular complexity index is 170. The van der Waals surface area contributed by atoms with E-state index in [0.717, 1.165) is 25.7 Å². The van der Waals surface area contributed by atoms with Crippen LogP contribution in [-0.4, -0.2) is 43.8 Å². The summed E-state index contributed by atoms with van der Waals surface area (Å²) in [4.78, 5) is 2.53. The van der Waals surface area contributed by atoms with Crippen LogP contribution < -0.4 is 5.73 Å². The summed E-state index contributed by atoms with van der Waals surface area (Å²) in [5.74, 6) is 1.52. The van der Waals surface area contributed by atoms with E-state index in [4.69, 9.17) is 10.5 Å². The SMILES string of the molecule is CC1CN(CC2CCOCC2)CC1N. The fourth-order valence-corrected chi connectivity index (χ4v) is 2.54. The monoisotopic (exact) mass is 198 g/mol. The minimum absolute atomic E-state index is 0.398. The number of rotatable bonds is 2. The summed E-state index contributed by atoms with van der Waals surface area (Å²) < 4.78 is 5.36. The lowest BCUT2D eigenvalue weighted by molar-refractivity contribution is 0.0551. The molecule has 14 heavy (non-hydrogen) atoms. The molecule has 0 spiro atoms. The second-order valence-electron chi connectivity index (χ2n) is 4.92. The molecule has 0 aromatic carbocycles. The highest BCUT2D eigenvalue weighted by Crippen LogP contribution is 2.20. The van der Waals surface area contributed by atoms with Gasteiger partial charge in [-0.2, -0.15) is 0 Å². The van der Waals surface area contributed by atoms with Gasteiger partial charge in [-0.3, -0.25) is 0 Å². The molecule has 0 radical (unpaired) electrons. The standard InChI is InChI=1S/C11H22N2O/c1-9-6-13(8-11(9)12)7-10-2-4-14-5-3-10/h9-11H,2-8,12H2,1H3. The molecule has 2 rings (SSSR count). The number of nitrogens with zero attached hydrogens (tertiary/aromatic N) is 1. The van der Waals surface area contributed by atoms with E-state index in [1.165, 1.54) is 25.9 Å². The minimum Gasteiger partial charge on any atom is -0.381 e. The van der Waals surface area contributed by atoms with Crippen LogP contribution >= 0.6 is 0 Å². The van der Waals surface area contributed by atoms with Crippen molar-refractivity contribution in [3.63, 3.8) is 0 Å². The van der Waals surface area contributed by atoms with Gasteiger partial charge in [0.15, 0.2) is 0 Å². The molecule has 0 bridgehead atoms. The highest BCUT2D eigenvalue weighted by molar-refractivity contribution is 4.85. The third kappa shape index (κ3) is 2.47. The highest BCUT2D eigenvalue weighted by Gasteiger charge is 2.28. The molecule has 2 fully saturated rings. The number of likely N-dealkylation sites (tertiary alicyclic amines) is 1. The first-order valence-electron chi connectivity index (χ1n) is 5.81. The molecule has 2 saturated heterocycles. The van der Waals surface area contributed by atoms with Gasteiger partial charge < -0.3 is 15.4 Å². The summed E-state index contributed by atoms with van der Waals surface area (Å²) in [5.41, 5.74) is 6.01. The Balaban J connectivity index is 1.74. The van der Waals surface area contributed by atoms with Crippen LogP contribution in [-0.2, 0) is 4.74 Å². The summed E-state index contributed by atoms with van der Waals surface area (Å²) in [6.07, 6.45) is 2.47. The van der Waals surface area contributed by atoms with Crippen molar-refractivity contribution in [2.24, 2.45) is 17.6 Å². The zero-order chi connectivity index (χ0) is 9.97. The Kier molecular flexibility index (Phi) is 3.42. The fraction of sp³-hybridized carbons (Fsp3) is 1.00. The van der Waals surface area contributed by atoms with Crippen molar-refractivity contribution in [1.82, 2.24) is 4.90 Å². The Morgan fingerprint density at radius 3 is 2.57 bits per heavy atom. The van der Waals surface area contributed by atoms with E-state index in [0.29, 0.717) is 12.0 Å². The van der Waals surface area contributed by atoms with Gasteiger partial charge in [-0.25, -0.2) is 0 Å². The molecule has 3 heteroatoms. The van der Waals surface area contributed by atoms with Gasteiger partial charge in [0.1, 0.15) is 0 Å². The van der Waals surface area contributed by atoms with Gasteiger partial charge in [0.05, 0.1) is 0 Å². The van der Waals surface area contributed by atoms with E-state index < -0.39 is 0 Å². The van der Waals surface area contributed by atoms with Crippen molar-refractivity contribution in [1.29, 1.82) is 0 Å². The van der Waals surface area contributed by atoms with E-state index in [1.807, 2.05) is 0 Å². The minimum atomic E-state index is 0.398. The molecule has 2 atom stereocenters. The molecule has 0 aromatic heterocycles. The summed E-state index contributed by atoms with van der Waals surface area (Å²) in [6.45, 7) is 7.70. The molecule has 2 aliphatic rings. The largest absolute Gasteiger partial charge is 0.381 e. The van der Waals surface area contributed by atoms with Crippen LogP contribution in [0.1, 0.15) is 19.8 Å². The second kappa shape index (κ2) is 4.60. The zero-order valence-corrected chi connectivity index (χ0v) is 9.11. The van der Waals surface area contributed by atoms with Gasteiger partial charge >= 0.3 is 0 Å². The molecular weight excluding hydrogens is 176 g/mol. The van der Waals surface area contributed by atoms with Crippen LogP contribution in [0.2, 0.25) is 0 Å². The average Bonchev–Trinajstić information content (AvgIpc) is 2.47. The summed E-state index contributed by atoms with van der Waals surface area (Å²) in [7, 11) is 0. The molecule has 82 valence electrons. The first-order valence-corrected chi connectivity index (χ1v) is 5.81. The van der Waals surface area contributed by atoms with Gasteiger partial charge in [-0.1, -0.05) is 6.92 Å². The molecule has 3 nitrogen and oxygen atoms in total. The summed E-state index contributed by atoms with van der Waals surface area (Å²) in [6, 6.07) is 0.398. The van der Waals surface area contributed by atoms with E-state index in [-0.39, 0.29) is 0 Å². The van der Waals surface area contributed by atoms with E-state index in [1.54, 1.807) is 0 Å². The molecule has 2 N–H and O–H groups in total. The van der Waals surface area contributed by atoms with Crippen LogP contribution in [0, 0.1) is 11.8 Å². The van der Waals surface area contributed by atoms with Crippen molar-refractivity contribution in [2.75, 3.05) is 32.8 Å². The van der Waals surface area contributed by atoms with Gasteiger partial charge in [-0.15, -0.1) is 0 Å². The van der Waals surface area contributed by atoms with Crippen molar-refractivity contribution >= 4 is 0 Å². The summed E-state index contributed by atoms with van der Waals surface area (Å²) in [5, 5.41) is 0. The van der Waals surface area contributed by atoms with E-state index >= 15 is 0 Å². The lowest BCUT2D eigenvalue weighted by atomic mass is 10.00. The quantitative estimate of drug-likeness (QED) is 0.709. The zero-order valence-electron chi connectivity index (χ0n) is 9.11. The molecule has 0 aromatic rings. The third-order valence-corrected chi connectivity index (χ3v) is 3.60. The van der Waals surface area contributed by atoms with Crippen LogP contribution in [0.15, 0.2) is 0 Å². The Morgan fingerprint density at radius 2 is 2.00 bits per heavy atom. The lowest BCUT2D eigenvalue weighted by Gasteiger charge is -2.26. The smallest absolute Gasteiger partial charge is 0.0469 e. The molecule has 0 aliphatic carbocycles. The Hall–Kier alpha value is -0.120. The maximum atomic E-state index is 6.01. The predicted molar refractivity (Wildman–Crippen MR) is 57.1 cm³/mol. The molecule has 2 aliphatic heterocycles. The topological polar surface area (TPSA) is 38.5 Å². The second-order valence-corrected chi connectivity index (χ2v) is 4.92. The average molecular weight is 198 g/mol. The van der Waals surface area contributed by atoms with E-state index in [9.17, 15) is 0 Å². The first kappa shape index (κ1) is 10.4. The van der Waals surface area contributed by atoms with Gasteiger partial charge in [0.25, 0.3) is 0 Å². The maximum absolute atomic E-state index is 6.01. The van der Waals surface area contributed by atoms with Crippen molar-refractivity contribution < 1.29 is 4.74 Å². The van der Waals surface area contributed by atoms with Crippen molar-refractivity contribution in [3.05, 3.63) is 0 Å².